The minimum Gasteiger partial charge on any atom is -0.301 e. The van der Waals surface area contributed by atoms with E-state index in [0.717, 1.165) is 21.8 Å². The number of nitro groups is 1. The minimum atomic E-state index is -0.468. The van der Waals surface area contributed by atoms with Crippen LogP contribution in [0.3, 0.4) is 0 Å². The number of ketones is 1. The summed E-state index contributed by atoms with van der Waals surface area (Å²) in [6.07, 6.45) is 0. The molecule has 0 aliphatic carbocycles. The van der Waals surface area contributed by atoms with Crippen LogP contribution in [0.2, 0.25) is 0 Å². The van der Waals surface area contributed by atoms with E-state index in [1.165, 1.54) is 30.8 Å². The molecule has 2 aromatic carbocycles. The van der Waals surface area contributed by atoms with Crippen LogP contribution in [0.25, 0.3) is 11.3 Å². The molecule has 0 spiro atoms. The minimum absolute atomic E-state index is 0.000515. The Labute approximate surface area is 175 Å². The molecule has 0 aliphatic rings. The molecule has 0 bridgehead atoms. The number of benzene rings is 2. The lowest BCUT2D eigenvalue weighted by Gasteiger charge is -2.10. The standard InChI is InChI=1S/C20H17N3O4S2/c1-12(24)18-17(14-6-4-3-5-7-14)21-20(29-18)22-19(25)13(2)28-16-10-8-15(9-11-16)23(26)27/h3-11,13H,1-2H3,(H,21,22,25). The van der Waals surface area contributed by atoms with E-state index in [0.29, 0.717) is 15.7 Å². The van der Waals surface area contributed by atoms with Crippen molar-refractivity contribution >= 4 is 45.6 Å². The zero-order valence-electron chi connectivity index (χ0n) is 15.6. The molecular weight excluding hydrogens is 410 g/mol. The summed E-state index contributed by atoms with van der Waals surface area (Å²) in [7, 11) is 0. The fourth-order valence-electron chi connectivity index (χ4n) is 2.51. The average molecular weight is 428 g/mol. The molecule has 3 aromatic rings. The average Bonchev–Trinajstić information content (AvgIpc) is 3.13. The van der Waals surface area contributed by atoms with Gasteiger partial charge in [-0.3, -0.25) is 19.7 Å². The van der Waals surface area contributed by atoms with Gasteiger partial charge in [-0.05, 0) is 19.1 Å². The topological polar surface area (TPSA) is 102 Å². The van der Waals surface area contributed by atoms with Crippen LogP contribution in [0.1, 0.15) is 23.5 Å². The van der Waals surface area contributed by atoms with Crippen LogP contribution in [-0.4, -0.2) is 26.8 Å². The Morgan fingerprint density at radius 1 is 1.14 bits per heavy atom. The van der Waals surface area contributed by atoms with Gasteiger partial charge >= 0.3 is 0 Å². The largest absolute Gasteiger partial charge is 0.301 e. The number of nitrogens with one attached hydrogen (secondary N) is 1. The fourth-order valence-corrected chi connectivity index (χ4v) is 4.27. The van der Waals surface area contributed by atoms with Gasteiger partial charge in [0.2, 0.25) is 5.91 Å². The zero-order chi connectivity index (χ0) is 21.0. The number of nitro benzene ring substituents is 1. The molecule has 1 N–H and O–H groups in total. The summed E-state index contributed by atoms with van der Waals surface area (Å²) in [6, 6.07) is 15.3. The van der Waals surface area contributed by atoms with Gasteiger partial charge in [0.15, 0.2) is 10.9 Å². The predicted octanol–water partition coefficient (Wildman–Crippen LogP) is 5.04. The van der Waals surface area contributed by atoms with Crippen molar-refractivity contribution in [2.75, 3.05) is 5.32 Å². The predicted molar refractivity (Wildman–Crippen MR) is 115 cm³/mol. The number of aromatic nitrogens is 1. The molecule has 1 atom stereocenters. The van der Waals surface area contributed by atoms with E-state index in [1.807, 2.05) is 30.3 Å². The first-order valence-corrected chi connectivity index (χ1v) is 10.3. The molecule has 3 rings (SSSR count). The van der Waals surface area contributed by atoms with Crippen molar-refractivity contribution in [3.63, 3.8) is 0 Å². The molecule has 1 aromatic heterocycles. The molecule has 1 unspecified atom stereocenters. The third-order valence-electron chi connectivity index (χ3n) is 3.95. The Morgan fingerprint density at radius 2 is 1.79 bits per heavy atom. The highest BCUT2D eigenvalue weighted by Crippen LogP contribution is 2.32. The van der Waals surface area contributed by atoms with Gasteiger partial charge in [0.05, 0.1) is 20.7 Å². The Bertz CT molecular complexity index is 1050. The molecular formula is C20H17N3O4S2. The SMILES string of the molecule is CC(=O)c1sc(NC(=O)C(C)Sc2ccc([N+](=O)[O-])cc2)nc1-c1ccccc1. The Hall–Kier alpha value is -3.04. The van der Waals surface area contributed by atoms with E-state index >= 15 is 0 Å². The van der Waals surface area contributed by atoms with Gasteiger partial charge < -0.3 is 5.32 Å². The summed E-state index contributed by atoms with van der Waals surface area (Å²) in [5, 5.41) is 13.4. The molecule has 0 saturated heterocycles. The fraction of sp³-hybridized carbons (Fsp3) is 0.150. The lowest BCUT2D eigenvalue weighted by molar-refractivity contribution is -0.384. The molecule has 0 aliphatic heterocycles. The maximum Gasteiger partial charge on any atom is 0.269 e. The number of thioether (sulfide) groups is 1. The quantitative estimate of drug-likeness (QED) is 0.245. The molecule has 0 fully saturated rings. The summed E-state index contributed by atoms with van der Waals surface area (Å²) in [5.74, 6) is -0.382. The second kappa shape index (κ2) is 8.97. The van der Waals surface area contributed by atoms with Crippen LogP contribution >= 0.6 is 23.1 Å². The van der Waals surface area contributed by atoms with E-state index in [4.69, 9.17) is 0 Å². The van der Waals surface area contributed by atoms with E-state index in [-0.39, 0.29) is 17.4 Å². The van der Waals surface area contributed by atoms with Gasteiger partial charge in [0, 0.05) is 29.5 Å². The number of nitrogens with zero attached hydrogens (tertiary/aromatic N) is 2. The molecule has 1 amide bonds. The van der Waals surface area contributed by atoms with Crippen LogP contribution in [0.15, 0.2) is 59.5 Å². The number of hydrogen-bond acceptors (Lipinski definition) is 7. The molecule has 0 saturated carbocycles. The van der Waals surface area contributed by atoms with E-state index in [9.17, 15) is 19.7 Å². The zero-order valence-corrected chi connectivity index (χ0v) is 17.3. The number of carbonyl (C=O) groups excluding carboxylic acids is 2. The van der Waals surface area contributed by atoms with Gasteiger partial charge in [-0.25, -0.2) is 4.98 Å². The normalized spacial score (nSPS) is 11.7. The van der Waals surface area contributed by atoms with Gasteiger partial charge in [-0.2, -0.15) is 0 Å². The van der Waals surface area contributed by atoms with Crippen molar-refractivity contribution in [2.45, 2.75) is 24.0 Å². The lowest BCUT2D eigenvalue weighted by Crippen LogP contribution is -2.22. The molecule has 29 heavy (non-hydrogen) atoms. The number of amides is 1. The van der Waals surface area contributed by atoms with Gasteiger partial charge in [-0.1, -0.05) is 41.7 Å². The summed E-state index contributed by atoms with van der Waals surface area (Å²) in [4.78, 5) is 40.5. The maximum absolute atomic E-state index is 12.6. The number of thiazole rings is 1. The maximum atomic E-state index is 12.6. The van der Waals surface area contributed by atoms with Crippen LogP contribution in [-0.2, 0) is 4.79 Å². The Balaban J connectivity index is 1.73. The van der Waals surface area contributed by atoms with Crippen molar-refractivity contribution in [2.24, 2.45) is 0 Å². The Morgan fingerprint density at radius 3 is 2.38 bits per heavy atom. The van der Waals surface area contributed by atoms with Gasteiger partial charge in [-0.15, -0.1) is 11.8 Å². The third kappa shape index (κ3) is 5.07. The van der Waals surface area contributed by atoms with Crippen LogP contribution < -0.4 is 5.32 Å². The van der Waals surface area contributed by atoms with Crippen LogP contribution in [0.4, 0.5) is 10.8 Å². The first-order chi connectivity index (χ1) is 13.8. The van der Waals surface area contributed by atoms with Crippen molar-refractivity contribution in [3.8, 4) is 11.3 Å². The monoisotopic (exact) mass is 427 g/mol. The van der Waals surface area contributed by atoms with Gasteiger partial charge in [0.25, 0.3) is 5.69 Å². The number of carbonyl (C=O) groups is 2. The summed E-state index contributed by atoms with van der Waals surface area (Å²) >= 11 is 2.42. The number of anilines is 1. The number of non-ortho nitro benzene ring substituents is 1. The molecule has 7 nitrogen and oxygen atoms in total. The van der Waals surface area contributed by atoms with Crippen molar-refractivity contribution < 1.29 is 14.5 Å². The third-order valence-corrected chi connectivity index (χ3v) is 6.14. The lowest BCUT2D eigenvalue weighted by atomic mass is 10.1. The highest BCUT2D eigenvalue weighted by atomic mass is 32.2. The molecule has 148 valence electrons. The second-order valence-electron chi connectivity index (χ2n) is 6.12. The first-order valence-electron chi connectivity index (χ1n) is 8.64. The number of rotatable bonds is 7. The van der Waals surface area contributed by atoms with E-state index in [1.54, 1.807) is 19.1 Å². The summed E-state index contributed by atoms with van der Waals surface area (Å²) in [6.45, 7) is 3.21. The smallest absolute Gasteiger partial charge is 0.269 e. The summed E-state index contributed by atoms with van der Waals surface area (Å²) in [5.41, 5.74) is 1.36. The second-order valence-corrected chi connectivity index (χ2v) is 8.53. The van der Waals surface area contributed by atoms with Crippen molar-refractivity contribution in [3.05, 3.63) is 69.6 Å². The van der Waals surface area contributed by atoms with Crippen LogP contribution in [0.5, 0.6) is 0 Å². The van der Waals surface area contributed by atoms with Gasteiger partial charge in [0.1, 0.15) is 0 Å². The molecule has 0 radical (unpaired) electrons. The summed E-state index contributed by atoms with van der Waals surface area (Å²) < 4.78 is 0. The van der Waals surface area contributed by atoms with Crippen LogP contribution in [0, 0.1) is 10.1 Å². The molecule has 9 heteroatoms. The molecule has 1 heterocycles. The van der Waals surface area contributed by atoms with Crippen molar-refractivity contribution in [1.29, 1.82) is 0 Å². The highest BCUT2D eigenvalue weighted by Gasteiger charge is 2.20. The highest BCUT2D eigenvalue weighted by molar-refractivity contribution is 8.00. The first kappa shape index (κ1) is 20.7. The van der Waals surface area contributed by atoms with Crippen molar-refractivity contribution in [1.82, 2.24) is 4.98 Å². The van der Waals surface area contributed by atoms with E-state index < -0.39 is 10.2 Å². The number of hydrogen-bond donors (Lipinski definition) is 1. The van der Waals surface area contributed by atoms with E-state index in [2.05, 4.69) is 10.3 Å². The number of Topliss-reactive ketones (excluding diaryl/α,β-unsaturated/α-hetero) is 1. The Kier molecular flexibility index (Phi) is 6.40.